The zero-order valence-corrected chi connectivity index (χ0v) is 24.0. The summed E-state index contributed by atoms with van der Waals surface area (Å²) in [4.78, 5) is 27.3. The van der Waals surface area contributed by atoms with Crippen molar-refractivity contribution in [2.75, 3.05) is 6.61 Å². The second-order valence-corrected chi connectivity index (χ2v) is 11.9. The number of hydrogen-bond acceptors (Lipinski definition) is 6. The molecular formula is C33H30BBrO6. The Morgan fingerprint density at radius 2 is 1.68 bits per heavy atom. The van der Waals surface area contributed by atoms with Gasteiger partial charge in [0, 0.05) is 33.0 Å². The fraction of sp³-hybridized carbons (Fsp3) is 0.273. The van der Waals surface area contributed by atoms with E-state index in [2.05, 4.69) is 15.9 Å². The average Bonchev–Trinajstić information content (AvgIpc) is 2.99. The predicted molar refractivity (Wildman–Crippen MR) is 161 cm³/mol. The molecule has 4 atom stereocenters. The van der Waals surface area contributed by atoms with Crippen molar-refractivity contribution in [3.8, 4) is 5.75 Å². The lowest BCUT2D eigenvalue weighted by Crippen LogP contribution is -2.51. The van der Waals surface area contributed by atoms with Crippen molar-refractivity contribution in [3.05, 3.63) is 111 Å². The molecule has 0 aromatic heterocycles. The topological polar surface area (TPSA) is 104 Å². The van der Waals surface area contributed by atoms with Crippen molar-refractivity contribution >= 4 is 46.3 Å². The van der Waals surface area contributed by atoms with E-state index >= 15 is 0 Å². The molecule has 0 saturated carbocycles. The van der Waals surface area contributed by atoms with E-state index in [-0.39, 0.29) is 30.2 Å². The molecule has 1 fully saturated rings. The quantitative estimate of drug-likeness (QED) is 0.180. The zero-order chi connectivity index (χ0) is 28.7. The number of aliphatic hydroxyl groups excluding tert-OH is 1. The van der Waals surface area contributed by atoms with Gasteiger partial charge in [0.1, 0.15) is 5.75 Å². The predicted octanol–water partition coefficient (Wildman–Crippen LogP) is 5.98. The van der Waals surface area contributed by atoms with E-state index in [0.29, 0.717) is 36.0 Å². The van der Waals surface area contributed by atoms with Crippen LogP contribution in [0.25, 0.3) is 11.6 Å². The van der Waals surface area contributed by atoms with Gasteiger partial charge in [0.25, 0.3) is 0 Å². The average molecular weight is 613 g/mol. The smallest absolute Gasteiger partial charge is 0.455 e. The Bertz CT molecular complexity index is 1560. The van der Waals surface area contributed by atoms with Crippen LogP contribution in [0, 0.1) is 17.8 Å². The van der Waals surface area contributed by atoms with Crippen molar-refractivity contribution in [2.24, 2.45) is 17.8 Å². The Kier molecular flexibility index (Phi) is 7.83. The van der Waals surface area contributed by atoms with Crippen molar-refractivity contribution < 1.29 is 29.5 Å². The molecule has 208 valence electrons. The van der Waals surface area contributed by atoms with Crippen molar-refractivity contribution in [3.63, 3.8) is 0 Å². The van der Waals surface area contributed by atoms with E-state index in [0.717, 1.165) is 26.8 Å². The number of aliphatic hydroxyl groups is 1. The van der Waals surface area contributed by atoms with Crippen LogP contribution in [0.3, 0.4) is 0 Å². The first-order chi connectivity index (χ1) is 19.9. The summed E-state index contributed by atoms with van der Waals surface area (Å²) in [5.74, 6) is -1.53. The number of aromatic hydroxyl groups is 1. The third-order valence-electron chi connectivity index (χ3n) is 8.69. The molecule has 41 heavy (non-hydrogen) atoms. The standard InChI is InChI=1S/C33H30BBrO6/c35-23-11-12-28(37)21(15-23)14-20(19-6-2-1-3-7-19)10-13-29-30-22(18-36)16-26-31(27(30)17-34(40)41-29)33(39)25-9-5-4-8-24(25)32(26)38/h1-9,11-12,14-15,26-27,29,31,36-37,40H,10,13,16-18H2/b20-14-/t26-,27+,29-,31-/m1/s1. The van der Waals surface area contributed by atoms with Crippen LogP contribution in [0.5, 0.6) is 5.75 Å². The lowest BCUT2D eigenvalue weighted by Gasteiger charge is -2.47. The molecule has 0 spiro atoms. The van der Waals surface area contributed by atoms with Crippen molar-refractivity contribution in [2.45, 2.75) is 31.7 Å². The molecule has 3 aliphatic rings. The van der Waals surface area contributed by atoms with Gasteiger partial charge in [0.05, 0.1) is 12.7 Å². The number of allylic oxidation sites excluding steroid dienone is 1. The number of carbonyl (C=O) groups is 2. The molecule has 3 aromatic carbocycles. The van der Waals surface area contributed by atoms with Gasteiger partial charge in [0.15, 0.2) is 11.6 Å². The first kappa shape index (κ1) is 27.9. The van der Waals surface area contributed by atoms with Crippen LogP contribution in [0.4, 0.5) is 0 Å². The highest BCUT2D eigenvalue weighted by atomic mass is 79.9. The summed E-state index contributed by atoms with van der Waals surface area (Å²) in [7, 11) is -1.09. The van der Waals surface area contributed by atoms with Crippen LogP contribution in [0.1, 0.15) is 51.1 Å². The number of carbonyl (C=O) groups excluding carboxylic acids is 2. The third-order valence-corrected chi connectivity index (χ3v) is 9.19. The van der Waals surface area contributed by atoms with Gasteiger partial charge in [-0.25, -0.2) is 0 Å². The second kappa shape index (κ2) is 11.5. The van der Waals surface area contributed by atoms with E-state index in [1.165, 1.54) is 0 Å². The van der Waals surface area contributed by atoms with Gasteiger partial charge < -0.3 is 19.9 Å². The first-order valence-electron chi connectivity index (χ1n) is 13.9. The highest BCUT2D eigenvalue weighted by Crippen LogP contribution is 2.51. The molecule has 2 aliphatic carbocycles. The largest absolute Gasteiger partial charge is 0.507 e. The maximum absolute atomic E-state index is 13.8. The fourth-order valence-corrected chi connectivity index (χ4v) is 7.26. The number of phenols is 1. The molecule has 6 rings (SSSR count). The lowest BCUT2D eigenvalue weighted by molar-refractivity contribution is 0.0591. The number of rotatable bonds is 6. The molecular weight excluding hydrogens is 583 g/mol. The molecule has 1 heterocycles. The van der Waals surface area contributed by atoms with E-state index in [1.54, 1.807) is 36.4 Å². The normalized spacial score (nSPS) is 24.2. The van der Waals surface area contributed by atoms with Gasteiger partial charge in [-0.1, -0.05) is 70.5 Å². The Morgan fingerprint density at radius 3 is 2.41 bits per heavy atom. The minimum absolute atomic E-state index is 0.0733. The van der Waals surface area contributed by atoms with E-state index in [9.17, 15) is 24.8 Å². The van der Waals surface area contributed by atoms with E-state index < -0.39 is 31.0 Å². The molecule has 6 nitrogen and oxygen atoms in total. The number of fused-ring (bicyclic) bond motifs is 4. The van der Waals surface area contributed by atoms with Crippen molar-refractivity contribution in [1.82, 2.24) is 0 Å². The van der Waals surface area contributed by atoms with E-state index in [4.69, 9.17) is 4.65 Å². The van der Waals surface area contributed by atoms with Crippen molar-refractivity contribution in [1.29, 1.82) is 0 Å². The number of benzene rings is 3. The molecule has 3 aromatic rings. The molecule has 8 heteroatoms. The summed E-state index contributed by atoms with van der Waals surface area (Å²) in [6, 6.07) is 22.1. The number of Topliss-reactive ketones (excluding diaryl/α,β-unsaturated/α-hetero) is 2. The summed E-state index contributed by atoms with van der Waals surface area (Å²) in [6.45, 7) is -0.235. The van der Waals surface area contributed by atoms with Gasteiger partial charge in [-0.2, -0.15) is 0 Å². The lowest BCUT2D eigenvalue weighted by atomic mass is 9.54. The number of phenolic OH excluding ortho intramolecular Hbond substituents is 1. The summed E-state index contributed by atoms with van der Waals surface area (Å²) >= 11 is 3.48. The zero-order valence-electron chi connectivity index (χ0n) is 22.4. The van der Waals surface area contributed by atoms with E-state index in [1.807, 2.05) is 42.5 Å². The summed E-state index contributed by atoms with van der Waals surface area (Å²) in [5, 5.41) is 31.8. The van der Waals surface area contributed by atoms with Gasteiger partial charge >= 0.3 is 7.12 Å². The minimum atomic E-state index is -1.09. The van der Waals surface area contributed by atoms with Gasteiger partial charge in [0.2, 0.25) is 0 Å². The molecule has 0 bridgehead atoms. The Morgan fingerprint density at radius 1 is 0.976 bits per heavy atom. The van der Waals surface area contributed by atoms with Gasteiger partial charge in [-0.3, -0.25) is 9.59 Å². The van der Waals surface area contributed by atoms with Crippen LogP contribution < -0.4 is 0 Å². The molecule has 0 unspecified atom stereocenters. The number of ketones is 2. The molecule has 1 aliphatic heterocycles. The van der Waals surface area contributed by atoms with Crippen LogP contribution in [-0.2, 0) is 4.65 Å². The van der Waals surface area contributed by atoms with Gasteiger partial charge in [-0.15, -0.1) is 0 Å². The summed E-state index contributed by atoms with van der Waals surface area (Å²) in [6.07, 6.45) is 2.95. The Labute approximate surface area is 247 Å². The Balaban J connectivity index is 1.35. The minimum Gasteiger partial charge on any atom is -0.507 e. The van der Waals surface area contributed by atoms with Crippen LogP contribution >= 0.6 is 15.9 Å². The summed E-state index contributed by atoms with van der Waals surface area (Å²) in [5.41, 5.74) is 5.08. The van der Waals surface area contributed by atoms with Crippen LogP contribution in [0.2, 0.25) is 6.32 Å². The SMILES string of the molecule is O=C1c2ccccc2C(=O)[C@@H]2CC(CO)=C3[C@@H](CC/C(=C/c4cc(Br)ccc4O)c4ccccc4)OB(O)C[C@@H]3[C@H]12. The van der Waals surface area contributed by atoms with Crippen LogP contribution in [0.15, 0.2) is 88.4 Å². The fourth-order valence-electron chi connectivity index (χ4n) is 6.88. The Hall–Kier alpha value is -3.30. The molecule has 1 saturated heterocycles. The van der Waals surface area contributed by atoms with Gasteiger partial charge in [-0.05, 0) is 78.1 Å². The second-order valence-electron chi connectivity index (χ2n) is 11.0. The maximum Gasteiger partial charge on any atom is 0.455 e. The monoisotopic (exact) mass is 612 g/mol. The molecule has 0 amide bonds. The molecule has 0 radical (unpaired) electrons. The van der Waals surface area contributed by atoms with Crippen LogP contribution in [-0.4, -0.2) is 46.6 Å². The third kappa shape index (κ3) is 5.26. The first-order valence-corrected chi connectivity index (χ1v) is 14.7. The maximum atomic E-state index is 13.8. The highest BCUT2D eigenvalue weighted by Gasteiger charge is 2.53. The highest BCUT2D eigenvalue weighted by molar-refractivity contribution is 9.10. The summed E-state index contributed by atoms with van der Waals surface area (Å²) < 4.78 is 6.93. The number of halogens is 1. The molecule has 3 N–H and O–H groups in total. The number of hydrogen-bond donors (Lipinski definition) is 3.